The minimum absolute atomic E-state index is 0.0766. The van der Waals surface area contributed by atoms with Crippen molar-refractivity contribution in [2.24, 2.45) is 0 Å². The van der Waals surface area contributed by atoms with Gasteiger partial charge in [-0.2, -0.15) is 4.58 Å². The van der Waals surface area contributed by atoms with Crippen molar-refractivity contribution in [3.8, 4) is 0 Å². The second-order valence-electron chi connectivity index (χ2n) is 16.6. The number of halogens is 6. The van der Waals surface area contributed by atoms with Gasteiger partial charge in [-0.05, 0) is 86.2 Å². The maximum absolute atomic E-state index is 10.7. The predicted molar refractivity (Wildman–Crippen MR) is 236 cm³/mol. The zero-order chi connectivity index (χ0) is 42.7. The average molecular weight is 832 g/mol. The third kappa shape index (κ3) is 10.3. The predicted octanol–water partition coefficient (Wildman–Crippen LogP) is 16.1. The van der Waals surface area contributed by atoms with Crippen LogP contribution < -0.4 is 9.80 Å². The summed E-state index contributed by atoms with van der Waals surface area (Å²) in [5.41, 5.74) is 14.6. The van der Waals surface area contributed by atoms with Gasteiger partial charge < -0.3 is 9.80 Å². The van der Waals surface area contributed by atoms with Crippen LogP contribution in [0.1, 0.15) is 91.2 Å². The summed E-state index contributed by atoms with van der Waals surface area (Å²) in [5, 5.41) is 0. The van der Waals surface area contributed by atoms with Crippen LogP contribution in [0.3, 0.4) is 0 Å². The number of nitrogens with zero attached hydrogens (tertiary/aromatic N) is 3. The molecule has 0 spiro atoms. The first-order valence-electron chi connectivity index (χ1n) is 20.6. The van der Waals surface area contributed by atoms with E-state index >= 15 is 0 Å². The molecular formula is C49H56F6N3P. The summed E-state index contributed by atoms with van der Waals surface area (Å²) >= 11 is 0. The van der Waals surface area contributed by atoms with E-state index in [0.29, 0.717) is 0 Å². The van der Waals surface area contributed by atoms with E-state index in [9.17, 15) is 25.2 Å². The van der Waals surface area contributed by atoms with Crippen molar-refractivity contribution in [2.75, 3.05) is 22.9 Å². The van der Waals surface area contributed by atoms with Crippen LogP contribution in [0.25, 0.3) is 0 Å². The summed E-state index contributed by atoms with van der Waals surface area (Å²) in [6.45, 7) is 16.2. The summed E-state index contributed by atoms with van der Waals surface area (Å²) in [5.74, 6) is 0. The van der Waals surface area contributed by atoms with Gasteiger partial charge in [0.25, 0.3) is 0 Å². The number of fused-ring (bicyclic) bond motifs is 2. The van der Waals surface area contributed by atoms with Gasteiger partial charge in [0, 0.05) is 58.8 Å². The Balaban J connectivity index is 0.000000768. The molecule has 7 rings (SSSR count). The monoisotopic (exact) mass is 831 g/mol. The SMILES string of the molecule is CCCCN1C(=CC=C2CCC(C=CC3=[N+](CCCC)c4ccccc4C3(C)C)=C2N(c2ccccc2)c2ccccc2)C(C)(C)c2ccccc21.F[P-](F)(F)(F)(F)F. The molecule has 0 fully saturated rings. The van der Waals surface area contributed by atoms with E-state index < -0.39 is 7.81 Å². The molecule has 1 aliphatic carbocycles. The normalized spacial score (nSPS) is 19.5. The molecule has 3 nitrogen and oxygen atoms in total. The van der Waals surface area contributed by atoms with Crippen molar-refractivity contribution in [1.82, 2.24) is 0 Å². The standard InChI is InChI=1S/C49H56N3.F6P/c1-7-9-35-50-43-27-19-17-25-41(43)48(3,4)45(50)33-31-37-29-30-38(47(37)52(39-21-13-11-14-22-39)40-23-15-12-16-24-40)32-34-46-49(5,6)42-26-18-20-28-44(42)51(46)36-10-8-2;1-7(2,3,4,5)6/h11-28,31-34H,7-10,29-30,35-36H2,1-6H3;/q+1;-1. The molecule has 3 aliphatic rings. The molecule has 2 heterocycles. The fourth-order valence-corrected chi connectivity index (χ4v) is 8.64. The fraction of sp³-hybridized carbons (Fsp3) is 0.327. The van der Waals surface area contributed by atoms with Crippen LogP contribution in [0.5, 0.6) is 0 Å². The van der Waals surface area contributed by atoms with Crippen LogP contribution in [0.15, 0.2) is 156 Å². The van der Waals surface area contributed by atoms with Gasteiger partial charge in [0.2, 0.25) is 5.69 Å². The van der Waals surface area contributed by atoms with Crippen molar-refractivity contribution in [3.05, 3.63) is 167 Å². The molecule has 0 N–H and O–H groups in total. The number of rotatable bonds is 12. The molecule has 314 valence electrons. The Labute approximate surface area is 346 Å². The van der Waals surface area contributed by atoms with E-state index in [1.54, 1.807) is 0 Å². The van der Waals surface area contributed by atoms with Crippen LogP contribution in [0.2, 0.25) is 0 Å². The van der Waals surface area contributed by atoms with Crippen molar-refractivity contribution in [1.29, 1.82) is 0 Å². The second kappa shape index (κ2) is 16.3. The van der Waals surface area contributed by atoms with E-state index in [1.165, 1.54) is 87.8 Å². The number of hydrogen-bond acceptors (Lipinski definition) is 2. The molecule has 0 saturated carbocycles. The van der Waals surface area contributed by atoms with Gasteiger partial charge in [0.15, 0.2) is 5.71 Å². The van der Waals surface area contributed by atoms with Crippen LogP contribution >= 0.6 is 7.81 Å². The first-order chi connectivity index (χ1) is 27.7. The van der Waals surface area contributed by atoms with Gasteiger partial charge in [-0.15, -0.1) is 0 Å². The molecule has 4 aromatic rings. The first-order valence-corrected chi connectivity index (χ1v) is 22.7. The summed E-state index contributed by atoms with van der Waals surface area (Å²) in [6, 6.07) is 39.9. The Morgan fingerprint density at radius 1 is 0.644 bits per heavy atom. The van der Waals surface area contributed by atoms with Gasteiger partial charge in [0.05, 0.1) is 11.1 Å². The molecule has 10 heteroatoms. The Morgan fingerprint density at radius 3 is 1.78 bits per heavy atom. The molecule has 0 unspecified atom stereocenters. The zero-order valence-electron chi connectivity index (χ0n) is 34.9. The fourth-order valence-electron chi connectivity index (χ4n) is 8.64. The third-order valence-corrected chi connectivity index (χ3v) is 11.5. The Morgan fingerprint density at radius 2 is 1.19 bits per heavy atom. The number of hydrogen-bond donors (Lipinski definition) is 0. The number of benzene rings is 4. The van der Waals surface area contributed by atoms with Gasteiger partial charge in [0.1, 0.15) is 6.54 Å². The summed E-state index contributed by atoms with van der Waals surface area (Å²) in [6.07, 6.45) is 16.5. The Bertz CT molecular complexity index is 2260. The molecule has 0 bridgehead atoms. The van der Waals surface area contributed by atoms with E-state index in [2.05, 4.69) is 189 Å². The Kier molecular flexibility index (Phi) is 12.1. The van der Waals surface area contributed by atoms with Gasteiger partial charge in [-0.1, -0.05) is 125 Å². The molecular weight excluding hydrogens is 776 g/mol. The Hall–Kier alpha value is -4.88. The van der Waals surface area contributed by atoms with Crippen LogP contribution in [-0.4, -0.2) is 23.4 Å². The molecule has 0 radical (unpaired) electrons. The van der Waals surface area contributed by atoms with Crippen LogP contribution in [0.4, 0.5) is 47.9 Å². The summed E-state index contributed by atoms with van der Waals surface area (Å²) in [7, 11) is -10.7. The quantitative estimate of drug-likeness (QED) is 0.0799. The first kappa shape index (κ1) is 43.7. The van der Waals surface area contributed by atoms with E-state index in [-0.39, 0.29) is 10.8 Å². The minimum atomic E-state index is -10.7. The molecule has 4 aromatic carbocycles. The molecule has 0 aromatic heterocycles. The number of allylic oxidation sites excluding steroid dienone is 7. The van der Waals surface area contributed by atoms with Crippen LogP contribution in [-0.2, 0) is 10.8 Å². The molecule has 0 amide bonds. The number of anilines is 3. The number of para-hydroxylation sites is 4. The molecule has 0 saturated heterocycles. The average Bonchev–Trinajstić information content (AvgIpc) is 3.75. The zero-order valence-corrected chi connectivity index (χ0v) is 35.8. The van der Waals surface area contributed by atoms with Crippen molar-refractivity contribution in [3.63, 3.8) is 0 Å². The van der Waals surface area contributed by atoms with Crippen LogP contribution in [0, 0.1) is 0 Å². The van der Waals surface area contributed by atoms with E-state index in [4.69, 9.17) is 0 Å². The van der Waals surface area contributed by atoms with Gasteiger partial charge in [-0.25, -0.2) is 0 Å². The second-order valence-corrected chi connectivity index (χ2v) is 18.5. The molecule has 2 aliphatic heterocycles. The molecule has 59 heavy (non-hydrogen) atoms. The number of unbranched alkanes of at least 4 members (excludes halogenated alkanes) is 2. The van der Waals surface area contributed by atoms with Gasteiger partial charge in [-0.3, -0.25) is 0 Å². The van der Waals surface area contributed by atoms with Gasteiger partial charge >= 0.3 is 33.0 Å². The summed E-state index contributed by atoms with van der Waals surface area (Å²) in [4.78, 5) is 5.08. The van der Waals surface area contributed by atoms with E-state index in [0.717, 1.165) is 25.9 Å². The van der Waals surface area contributed by atoms with Crippen molar-refractivity contribution >= 4 is 36.3 Å². The summed E-state index contributed by atoms with van der Waals surface area (Å²) < 4.78 is 61.8. The maximum atomic E-state index is 9.87. The third-order valence-electron chi connectivity index (χ3n) is 11.5. The van der Waals surface area contributed by atoms with E-state index in [1.807, 2.05) is 0 Å². The van der Waals surface area contributed by atoms with Crippen molar-refractivity contribution < 1.29 is 29.8 Å². The topological polar surface area (TPSA) is 9.49 Å². The van der Waals surface area contributed by atoms with Crippen molar-refractivity contribution in [2.45, 2.75) is 90.9 Å². The molecule has 0 atom stereocenters.